The summed E-state index contributed by atoms with van der Waals surface area (Å²) in [5.41, 5.74) is 3.43. The molecule has 1 aromatic carbocycles. The Labute approximate surface area is 149 Å². The number of amides is 1. The van der Waals surface area contributed by atoms with Crippen molar-refractivity contribution in [1.29, 1.82) is 0 Å². The lowest BCUT2D eigenvalue weighted by atomic mass is 10.0. The van der Waals surface area contributed by atoms with Crippen LogP contribution in [0.1, 0.15) is 29.7 Å². The van der Waals surface area contributed by atoms with E-state index < -0.39 is 0 Å². The summed E-state index contributed by atoms with van der Waals surface area (Å²) in [5.74, 6) is 0.0288. The Kier molecular flexibility index (Phi) is 5.79. The molecule has 1 saturated heterocycles. The number of rotatable bonds is 5. The van der Waals surface area contributed by atoms with E-state index in [0.29, 0.717) is 19.7 Å². The van der Waals surface area contributed by atoms with Gasteiger partial charge < -0.3 is 10.1 Å². The van der Waals surface area contributed by atoms with E-state index >= 15 is 0 Å². The van der Waals surface area contributed by atoms with Gasteiger partial charge in [-0.05, 0) is 36.6 Å². The fourth-order valence-corrected chi connectivity index (χ4v) is 3.11. The average molecular weight is 339 g/mol. The molecule has 0 unspecified atom stereocenters. The number of pyridine rings is 1. The molecular weight excluding hydrogens is 314 g/mol. The molecule has 1 aliphatic heterocycles. The van der Waals surface area contributed by atoms with Gasteiger partial charge in [0.15, 0.2) is 0 Å². The summed E-state index contributed by atoms with van der Waals surface area (Å²) in [5, 5.41) is 2.97. The minimum Gasteiger partial charge on any atom is -0.371 e. The third-order valence-electron chi connectivity index (χ3n) is 4.66. The van der Waals surface area contributed by atoms with E-state index in [1.165, 1.54) is 11.1 Å². The topological polar surface area (TPSA) is 54.5 Å². The first-order valence-electron chi connectivity index (χ1n) is 8.70. The minimum atomic E-state index is 0.0172. The van der Waals surface area contributed by atoms with Crippen molar-refractivity contribution in [3.8, 4) is 0 Å². The molecule has 1 aliphatic rings. The Hall–Kier alpha value is -2.24. The van der Waals surface area contributed by atoms with Gasteiger partial charge >= 0.3 is 0 Å². The van der Waals surface area contributed by atoms with Crippen LogP contribution in [0, 0.1) is 6.92 Å². The number of aromatic nitrogens is 1. The van der Waals surface area contributed by atoms with Crippen LogP contribution in [0.25, 0.3) is 0 Å². The number of nitrogens with one attached hydrogen (secondary N) is 1. The van der Waals surface area contributed by atoms with Gasteiger partial charge in [-0.2, -0.15) is 0 Å². The molecule has 0 spiro atoms. The zero-order chi connectivity index (χ0) is 17.6. The molecule has 0 bridgehead atoms. The molecule has 1 aromatic heterocycles. The van der Waals surface area contributed by atoms with Crippen LogP contribution in [0.4, 0.5) is 0 Å². The number of aryl methyl sites for hydroxylation is 1. The Morgan fingerprint density at radius 3 is 2.92 bits per heavy atom. The largest absolute Gasteiger partial charge is 0.371 e. The molecule has 132 valence electrons. The van der Waals surface area contributed by atoms with Gasteiger partial charge in [-0.25, -0.2) is 0 Å². The predicted molar refractivity (Wildman–Crippen MR) is 97.0 cm³/mol. The second kappa shape index (κ2) is 8.23. The molecule has 1 fully saturated rings. The zero-order valence-electron chi connectivity index (χ0n) is 14.8. The molecule has 2 heterocycles. The van der Waals surface area contributed by atoms with Crippen molar-refractivity contribution < 1.29 is 9.53 Å². The summed E-state index contributed by atoms with van der Waals surface area (Å²) in [6.45, 7) is 6.45. The van der Waals surface area contributed by atoms with Crippen molar-refractivity contribution in [3.05, 3.63) is 65.5 Å². The highest BCUT2D eigenvalue weighted by atomic mass is 16.5. The van der Waals surface area contributed by atoms with Gasteiger partial charge in [0.2, 0.25) is 5.91 Å². The fourth-order valence-electron chi connectivity index (χ4n) is 3.11. The van der Waals surface area contributed by atoms with Crippen molar-refractivity contribution in [2.75, 3.05) is 19.7 Å². The van der Waals surface area contributed by atoms with E-state index in [0.717, 1.165) is 12.1 Å². The number of hydrogen-bond acceptors (Lipinski definition) is 4. The molecule has 25 heavy (non-hydrogen) atoms. The van der Waals surface area contributed by atoms with E-state index in [2.05, 4.69) is 41.2 Å². The van der Waals surface area contributed by atoms with E-state index in [-0.39, 0.29) is 18.1 Å². The smallest absolute Gasteiger partial charge is 0.234 e. The van der Waals surface area contributed by atoms with Crippen LogP contribution in [-0.2, 0) is 16.1 Å². The van der Waals surface area contributed by atoms with Crippen LogP contribution in [0.5, 0.6) is 0 Å². The summed E-state index contributed by atoms with van der Waals surface area (Å²) in [6, 6.07) is 12.3. The van der Waals surface area contributed by atoms with Gasteiger partial charge in [0.1, 0.15) is 0 Å². The second-order valence-electron chi connectivity index (χ2n) is 6.60. The molecule has 0 saturated carbocycles. The van der Waals surface area contributed by atoms with Crippen LogP contribution in [0.15, 0.2) is 48.8 Å². The minimum absolute atomic E-state index is 0.0172. The van der Waals surface area contributed by atoms with E-state index in [1.807, 2.05) is 24.3 Å². The number of hydrogen-bond donors (Lipinski definition) is 1. The van der Waals surface area contributed by atoms with Gasteiger partial charge in [0.05, 0.1) is 19.3 Å². The number of nitrogens with zero attached hydrogens (tertiary/aromatic N) is 2. The molecule has 3 rings (SSSR count). The van der Waals surface area contributed by atoms with Crippen molar-refractivity contribution >= 4 is 5.91 Å². The summed E-state index contributed by atoms with van der Waals surface area (Å²) < 4.78 is 6.02. The Balaban J connectivity index is 1.57. The van der Waals surface area contributed by atoms with Crippen LogP contribution in [0.3, 0.4) is 0 Å². The average Bonchev–Trinajstić information content (AvgIpc) is 2.63. The maximum Gasteiger partial charge on any atom is 0.234 e. The highest BCUT2D eigenvalue weighted by Gasteiger charge is 2.29. The number of ether oxygens (including phenoxy) is 1. The van der Waals surface area contributed by atoms with Gasteiger partial charge in [-0.3, -0.25) is 14.7 Å². The standard InChI is InChI=1S/C20H25N3O2/c1-15-6-3-4-8-18(15)19-12-23(16(2)14-25-19)13-20(24)22-11-17-7-5-9-21-10-17/h3-10,16,19H,11-14H2,1-2H3,(H,22,24)/t16-,19-/m1/s1. The number of carbonyl (C=O) groups is 1. The molecule has 2 atom stereocenters. The Morgan fingerprint density at radius 2 is 2.16 bits per heavy atom. The zero-order valence-corrected chi connectivity index (χ0v) is 14.8. The van der Waals surface area contributed by atoms with Crippen LogP contribution < -0.4 is 5.32 Å². The first-order chi connectivity index (χ1) is 12.1. The summed E-state index contributed by atoms with van der Waals surface area (Å²) >= 11 is 0. The molecule has 0 radical (unpaired) electrons. The quantitative estimate of drug-likeness (QED) is 0.909. The highest BCUT2D eigenvalue weighted by Crippen LogP contribution is 2.26. The number of carbonyl (C=O) groups excluding carboxylic acids is 1. The Morgan fingerprint density at radius 1 is 1.32 bits per heavy atom. The lowest BCUT2D eigenvalue weighted by molar-refractivity contribution is -0.126. The first-order valence-corrected chi connectivity index (χ1v) is 8.70. The number of morpholine rings is 1. The fraction of sp³-hybridized carbons (Fsp3) is 0.400. The second-order valence-corrected chi connectivity index (χ2v) is 6.60. The molecule has 2 aromatic rings. The normalized spacial score (nSPS) is 21.0. The van der Waals surface area contributed by atoms with Crippen LogP contribution in [-0.4, -0.2) is 41.5 Å². The van der Waals surface area contributed by atoms with Gasteiger partial charge in [0, 0.05) is 31.5 Å². The molecule has 1 N–H and O–H groups in total. The highest BCUT2D eigenvalue weighted by molar-refractivity contribution is 5.78. The lowest BCUT2D eigenvalue weighted by Gasteiger charge is -2.38. The van der Waals surface area contributed by atoms with Gasteiger partial charge in [-0.15, -0.1) is 0 Å². The molecule has 5 nitrogen and oxygen atoms in total. The first kappa shape index (κ1) is 17.6. The molecule has 0 aliphatic carbocycles. The van der Waals surface area contributed by atoms with Gasteiger partial charge in [0.25, 0.3) is 0 Å². The van der Waals surface area contributed by atoms with Gasteiger partial charge in [-0.1, -0.05) is 30.3 Å². The number of benzene rings is 1. The SMILES string of the molecule is Cc1ccccc1[C@H]1CN(CC(=O)NCc2cccnc2)[C@H](C)CO1. The van der Waals surface area contributed by atoms with E-state index in [9.17, 15) is 4.79 Å². The van der Waals surface area contributed by atoms with Crippen molar-refractivity contribution in [2.45, 2.75) is 32.5 Å². The third-order valence-corrected chi connectivity index (χ3v) is 4.66. The summed E-state index contributed by atoms with van der Waals surface area (Å²) in [4.78, 5) is 18.6. The van der Waals surface area contributed by atoms with Crippen molar-refractivity contribution in [2.24, 2.45) is 0 Å². The maximum atomic E-state index is 12.3. The Bertz CT molecular complexity index is 705. The van der Waals surface area contributed by atoms with E-state index in [1.54, 1.807) is 12.4 Å². The lowest BCUT2D eigenvalue weighted by Crippen LogP contribution is -2.49. The summed E-state index contributed by atoms with van der Waals surface area (Å²) in [6.07, 6.45) is 3.52. The van der Waals surface area contributed by atoms with Crippen molar-refractivity contribution in [3.63, 3.8) is 0 Å². The molecule has 1 amide bonds. The van der Waals surface area contributed by atoms with Crippen LogP contribution in [0.2, 0.25) is 0 Å². The van der Waals surface area contributed by atoms with Crippen molar-refractivity contribution in [1.82, 2.24) is 15.2 Å². The predicted octanol–water partition coefficient (Wildman–Crippen LogP) is 2.47. The van der Waals surface area contributed by atoms with Crippen LogP contribution >= 0.6 is 0 Å². The molecule has 5 heteroatoms. The maximum absolute atomic E-state index is 12.3. The van der Waals surface area contributed by atoms with E-state index in [4.69, 9.17) is 4.74 Å². The third kappa shape index (κ3) is 4.65. The monoisotopic (exact) mass is 339 g/mol. The molecular formula is C20H25N3O2. The summed E-state index contributed by atoms with van der Waals surface area (Å²) in [7, 11) is 0.